The van der Waals surface area contributed by atoms with Crippen LogP contribution < -0.4 is 0 Å². The first-order valence-corrected chi connectivity index (χ1v) is 7.36. The fourth-order valence-corrected chi connectivity index (χ4v) is 3.20. The third-order valence-electron chi connectivity index (χ3n) is 4.37. The van der Waals surface area contributed by atoms with Gasteiger partial charge in [-0.2, -0.15) is 10.2 Å². The van der Waals surface area contributed by atoms with Gasteiger partial charge < -0.3 is 5.11 Å². The number of nitrogens with zero attached hydrogens (tertiary/aromatic N) is 4. The van der Waals surface area contributed by atoms with Gasteiger partial charge in [0.05, 0.1) is 11.9 Å². The number of aromatic nitrogens is 4. The predicted molar refractivity (Wildman–Crippen MR) is 77.8 cm³/mol. The maximum Gasteiger partial charge on any atom is 0.356 e. The van der Waals surface area contributed by atoms with E-state index in [-0.39, 0.29) is 5.69 Å². The average molecular weight is 288 g/mol. The van der Waals surface area contributed by atoms with E-state index >= 15 is 0 Å². The molecule has 6 heteroatoms. The summed E-state index contributed by atoms with van der Waals surface area (Å²) in [6, 6.07) is 0. The molecule has 0 radical (unpaired) electrons. The molecule has 0 spiro atoms. The minimum atomic E-state index is -0.941. The van der Waals surface area contributed by atoms with Crippen LogP contribution in [0.5, 0.6) is 0 Å². The van der Waals surface area contributed by atoms with Crippen molar-refractivity contribution in [3.63, 3.8) is 0 Å². The van der Waals surface area contributed by atoms with E-state index in [1.54, 1.807) is 9.36 Å². The molecule has 6 nitrogen and oxygen atoms in total. The number of carbonyl (C=O) groups is 1. The Morgan fingerprint density at radius 3 is 2.81 bits per heavy atom. The lowest BCUT2D eigenvalue weighted by Crippen LogP contribution is -2.16. The number of hydrogen-bond acceptors (Lipinski definition) is 3. The topological polar surface area (TPSA) is 72.9 Å². The van der Waals surface area contributed by atoms with Gasteiger partial charge in [-0.05, 0) is 32.1 Å². The van der Waals surface area contributed by atoms with Crippen LogP contribution in [0, 0.1) is 12.8 Å². The lowest BCUT2D eigenvalue weighted by atomic mass is 9.85. The van der Waals surface area contributed by atoms with E-state index in [4.69, 9.17) is 0 Å². The number of fused-ring (bicyclic) bond motifs is 1. The zero-order chi connectivity index (χ0) is 15.1. The van der Waals surface area contributed by atoms with Gasteiger partial charge in [0.1, 0.15) is 5.69 Å². The van der Waals surface area contributed by atoms with Crippen molar-refractivity contribution in [2.75, 3.05) is 0 Å². The summed E-state index contributed by atoms with van der Waals surface area (Å²) in [5, 5.41) is 18.1. The maximum absolute atomic E-state index is 11.5. The molecule has 3 rings (SSSR count). The van der Waals surface area contributed by atoms with Crippen LogP contribution >= 0.6 is 0 Å². The van der Waals surface area contributed by atoms with Gasteiger partial charge in [0.2, 0.25) is 0 Å². The summed E-state index contributed by atoms with van der Waals surface area (Å²) in [4.78, 5) is 11.5. The Labute approximate surface area is 123 Å². The van der Waals surface area contributed by atoms with Crippen LogP contribution in [0.3, 0.4) is 0 Å². The first-order valence-electron chi connectivity index (χ1n) is 7.36. The molecular formula is C15H20N4O2. The van der Waals surface area contributed by atoms with Crippen LogP contribution in [0.1, 0.15) is 47.2 Å². The van der Waals surface area contributed by atoms with Gasteiger partial charge in [0, 0.05) is 18.3 Å². The van der Waals surface area contributed by atoms with E-state index in [9.17, 15) is 9.90 Å². The van der Waals surface area contributed by atoms with E-state index in [0.717, 1.165) is 48.3 Å². The smallest absolute Gasteiger partial charge is 0.356 e. The second-order valence-electron chi connectivity index (χ2n) is 5.78. The van der Waals surface area contributed by atoms with Crippen LogP contribution in [0.25, 0.3) is 5.69 Å². The van der Waals surface area contributed by atoms with Crippen molar-refractivity contribution < 1.29 is 9.90 Å². The number of aryl methyl sites for hydroxylation is 2. The van der Waals surface area contributed by atoms with Crippen molar-refractivity contribution in [3.8, 4) is 5.69 Å². The average Bonchev–Trinajstić information content (AvgIpc) is 2.97. The van der Waals surface area contributed by atoms with Crippen LogP contribution in [-0.2, 0) is 19.9 Å². The molecule has 0 amide bonds. The van der Waals surface area contributed by atoms with Crippen LogP contribution in [0.4, 0.5) is 0 Å². The highest BCUT2D eigenvalue weighted by molar-refractivity contribution is 5.87. The molecule has 1 atom stereocenters. The van der Waals surface area contributed by atoms with E-state index in [1.807, 2.05) is 20.2 Å². The fourth-order valence-electron chi connectivity index (χ4n) is 3.20. The first-order chi connectivity index (χ1) is 10.0. The normalized spacial score (nSPS) is 17.8. The molecule has 1 unspecified atom stereocenters. The molecule has 0 aliphatic heterocycles. The molecule has 1 N–H and O–H groups in total. The SMILES string of the molecule is CCC1CCc2c(c(C(=O)O)nn2-c2cn(C)nc2C)C1. The zero-order valence-electron chi connectivity index (χ0n) is 12.6. The molecule has 0 saturated heterocycles. The Morgan fingerprint density at radius 1 is 1.48 bits per heavy atom. The van der Waals surface area contributed by atoms with Crippen molar-refractivity contribution >= 4 is 5.97 Å². The standard InChI is InChI=1S/C15H20N4O2/c1-4-10-5-6-12-11(7-10)14(15(20)21)17-19(12)13-8-18(3)16-9(13)2/h8,10H,4-7H2,1-3H3,(H,20,21). The van der Waals surface area contributed by atoms with E-state index in [1.165, 1.54) is 0 Å². The number of hydrogen-bond donors (Lipinski definition) is 1. The third kappa shape index (κ3) is 2.24. The lowest BCUT2D eigenvalue weighted by molar-refractivity contribution is 0.0688. The number of carboxylic acid groups (broad SMARTS) is 1. The highest BCUT2D eigenvalue weighted by Gasteiger charge is 2.29. The highest BCUT2D eigenvalue weighted by atomic mass is 16.4. The Balaban J connectivity index is 2.15. The van der Waals surface area contributed by atoms with Gasteiger partial charge in [0.15, 0.2) is 5.69 Å². The molecule has 112 valence electrons. The molecule has 1 aliphatic carbocycles. The minimum Gasteiger partial charge on any atom is -0.476 e. The summed E-state index contributed by atoms with van der Waals surface area (Å²) in [7, 11) is 1.86. The molecule has 2 heterocycles. The number of rotatable bonds is 3. The summed E-state index contributed by atoms with van der Waals surface area (Å²) in [5.41, 5.74) is 3.87. The molecule has 0 bridgehead atoms. The van der Waals surface area contributed by atoms with E-state index < -0.39 is 5.97 Å². The molecule has 21 heavy (non-hydrogen) atoms. The van der Waals surface area contributed by atoms with Gasteiger partial charge in [-0.25, -0.2) is 9.48 Å². The fraction of sp³-hybridized carbons (Fsp3) is 0.533. The van der Waals surface area contributed by atoms with Gasteiger partial charge in [-0.15, -0.1) is 0 Å². The van der Waals surface area contributed by atoms with Crippen molar-refractivity contribution in [3.05, 3.63) is 28.8 Å². The predicted octanol–water partition coefficient (Wildman–Crippen LogP) is 2.13. The summed E-state index contributed by atoms with van der Waals surface area (Å²) >= 11 is 0. The summed E-state index contributed by atoms with van der Waals surface area (Å²) < 4.78 is 3.52. The zero-order valence-corrected chi connectivity index (χ0v) is 12.6. The number of carboxylic acids is 1. The third-order valence-corrected chi connectivity index (χ3v) is 4.37. The second kappa shape index (κ2) is 5.02. The molecular weight excluding hydrogens is 268 g/mol. The van der Waals surface area contributed by atoms with Gasteiger partial charge in [-0.1, -0.05) is 13.3 Å². The number of aromatic carboxylic acids is 1. The van der Waals surface area contributed by atoms with Crippen LogP contribution in [0.15, 0.2) is 6.20 Å². The largest absolute Gasteiger partial charge is 0.476 e. The van der Waals surface area contributed by atoms with Crippen LogP contribution in [0.2, 0.25) is 0 Å². The molecule has 0 aromatic carbocycles. The van der Waals surface area contributed by atoms with Crippen molar-refractivity contribution in [2.24, 2.45) is 13.0 Å². The summed E-state index contributed by atoms with van der Waals surface area (Å²) in [6.45, 7) is 4.08. The van der Waals surface area contributed by atoms with Gasteiger partial charge >= 0.3 is 5.97 Å². The summed E-state index contributed by atoms with van der Waals surface area (Å²) in [6.07, 6.45) is 5.75. The minimum absolute atomic E-state index is 0.200. The molecule has 2 aromatic heterocycles. The van der Waals surface area contributed by atoms with Crippen molar-refractivity contribution in [1.29, 1.82) is 0 Å². The molecule has 2 aromatic rings. The Morgan fingerprint density at radius 2 is 2.24 bits per heavy atom. The van der Waals surface area contributed by atoms with Gasteiger partial charge in [0.25, 0.3) is 0 Å². The second-order valence-corrected chi connectivity index (χ2v) is 5.78. The van der Waals surface area contributed by atoms with E-state index in [2.05, 4.69) is 17.1 Å². The molecule has 1 aliphatic rings. The lowest BCUT2D eigenvalue weighted by Gasteiger charge is -2.21. The summed E-state index contributed by atoms with van der Waals surface area (Å²) in [5.74, 6) is -0.383. The highest BCUT2D eigenvalue weighted by Crippen LogP contribution is 2.31. The molecule has 0 saturated carbocycles. The first kappa shape index (κ1) is 13.9. The van der Waals surface area contributed by atoms with Gasteiger partial charge in [-0.3, -0.25) is 4.68 Å². The van der Waals surface area contributed by atoms with Crippen LogP contribution in [-0.4, -0.2) is 30.6 Å². The van der Waals surface area contributed by atoms with E-state index in [0.29, 0.717) is 5.92 Å². The monoisotopic (exact) mass is 288 g/mol. The molecule has 0 fully saturated rings. The maximum atomic E-state index is 11.5. The van der Waals surface area contributed by atoms with Crippen molar-refractivity contribution in [2.45, 2.75) is 39.5 Å². The Bertz CT molecular complexity index is 699. The quantitative estimate of drug-likeness (QED) is 0.939. The Hall–Kier alpha value is -2.11. The Kier molecular flexibility index (Phi) is 3.31. The van der Waals surface area contributed by atoms with Crippen molar-refractivity contribution in [1.82, 2.24) is 19.6 Å².